The van der Waals surface area contributed by atoms with Gasteiger partial charge in [-0.3, -0.25) is 0 Å². The minimum atomic E-state index is -1.04. The molecule has 6 nitrogen and oxygen atoms in total. The Bertz CT molecular complexity index is 1300. The van der Waals surface area contributed by atoms with Crippen LogP contribution >= 0.6 is 0 Å². The molecular formula is C26H24F2N4O2. The number of aryl methyl sites for hydroxylation is 1. The maximum Gasteiger partial charge on any atom is 0.319 e. The average molecular weight is 463 g/mol. The van der Waals surface area contributed by atoms with Crippen molar-refractivity contribution >= 4 is 17.5 Å². The van der Waals surface area contributed by atoms with Crippen LogP contribution in [0.25, 0.3) is 16.1 Å². The zero-order valence-corrected chi connectivity index (χ0v) is 19.0. The van der Waals surface area contributed by atoms with Crippen LogP contribution in [0.2, 0.25) is 0 Å². The molecule has 174 valence electrons. The van der Waals surface area contributed by atoms with Crippen LogP contribution < -0.4 is 10.6 Å². The Morgan fingerprint density at radius 3 is 2.53 bits per heavy atom. The molecule has 1 aliphatic rings. The second-order valence-corrected chi connectivity index (χ2v) is 9.09. The van der Waals surface area contributed by atoms with Crippen molar-refractivity contribution in [1.29, 1.82) is 0 Å². The van der Waals surface area contributed by atoms with E-state index in [1.807, 2.05) is 44.2 Å². The summed E-state index contributed by atoms with van der Waals surface area (Å²) in [4.78, 5) is 20.9. The number of fused-ring (bicyclic) bond motifs is 1. The molecule has 4 rings (SSSR count). The van der Waals surface area contributed by atoms with Crippen LogP contribution in [0.3, 0.4) is 0 Å². The maximum absolute atomic E-state index is 14.1. The van der Waals surface area contributed by atoms with Gasteiger partial charge < -0.3 is 20.6 Å². The van der Waals surface area contributed by atoms with Gasteiger partial charge in [0.15, 0.2) is 17.3 Å². The quantitative estimate of drug-likeness (QED) is 0.431. The third kappa shape index (κ3) is 4.35. The molecule has 1 aromatic heterocycles. The van der Waals surface area contributed by atoms with E-state index < -0.39 is 35.2 Å². The number of amides is 2. The first-order valence-corrected chi connectivity index (χ1v) is 10.8. The van der Waals surface area contributed by atoms with Crippen LogP contribution in [-0.2, 0) is 5.41 Å². The van der Waals surface area contributed by atoms with Crippen LogP contribution in [0.15, 0.2) is 48.5 Å². The van der Waals surface area contributed by atoms with Crippen molar-refractivity contribution in [3.05, 3.63) is 88.3 Å². The smallest absolute Gasteiger partial charge is 0.319 e. The van der Waals surface area contributed by atoms with Crippen LogP contribution in [0.4, 0.5) is 25.1 Å². The van der Waals surface area contributed by atoms with Gasteiger partial charge in [0.25, 0.3) is 5.82 Å². The molecule has 0 bridgehead atoms. The minimum absolute atomic E-state index is 0.223. The van der Waals surface area contributed by atoms with Crippen molar-refractivity contribution in [2.75, 3.05) is 5.32 Å². The molecule has 0 aliphatic heterocycles. The number of hydrogen-bond acceptors (Lipinski definition) is 3. The first-order valence-electron chi connectivity index (χ1n) is 10.8. The van der Waals surface area contributed by atoms with E-state index in [4.69, 9.17) is 6.57 Å². The zero-order chi connectivity index (χ0) is 24.6. The van der Waals surface area contributed by atoms with E-state index in [1.54, 1.807) is 13.0 Å². The Morgan fingerprint density at radius 1 is 1.18 bits per heavy atom. The van der Waals surface area contributed by atoms with Gasteiger partial charge in [-0.1, -0.05) is 50.8 Å². The minimum Gasteiger partial charge on any atom is -0.391 e. The maximum atomic E-state index is 14.1. The Labute approximate surface area is 196 Å². The first-order chi connectivity index (χ1) is 16.1. The van der Waals surface area contributed by atoms with Gasteiger partial charge >= 0.3 is 6.03 Å². The summed E-state index contributed by atoms with van der Waals surface area (Å²) in [6, 6.07) is 11.4. The largest absolute Gasteiger partial charge is 0.391 e. The molecule has 0 fully saturated rings. The molecule has 34 heavy (non-hydrogen) atoms. The molecular weight excluding hydrogens is 438 g/mol. The van der Waals surface area contributed by atoms with Crippen molar-refractivity contribution in [2.24, 2.45) is 0 Å². The molecule has 2 atom stereocenters. The number of carbonyl (C=O) groups excluding carboxylic acids is 1. The van der Waals surface area contributed by atoms with E-state index in [0.29, 0.717) is 33.6 Å². The zero-order valence-electron chi connectivity index (χ0n) is 19.0. The van der Waals surface area contributed by atoms with Crippen LogP contribution in [0.5, 0.6) is 0 Å². The summed E-state index contributed by atoms with van der Waals surface area (Å²) in [5, 5.41) is 16.2. The lowest BCUT2D eigenvalue weighted by Crippen LogP contribution is -2.45. The monoisotopic (exact) mass is 462 g/mol. The first kappa shape index (κ1) is 23.3. The molecule has 0 spiro atoms. The van der Waals surface area contributed by atoms with Crippen LogP contribution in [-0.4, -0.2) is 22.2 Å². The number of urea groups is 1. The molecule has 0 saturated carbocycles. The van der Waals surface area contributed by atoms with Gasteiger partial charge in [-0.2, -0.15) is 0 Å². The molecule has 2 aromatic carbocycles. The van der Waals surface area contributed by atoms with Crippen LogP contribution in [0, 0.1) is 25.1 Å². The van der Waals surface area contributed by atoms with Gasteiger partial charge in [0.05, 0.1) is 17.8 Å². The van der Waals surface area contributed by atoms with E-state index in [0.717, 1.165) is 12.1 Å². The fourth-order valence-electron chi connectivity index (χ4n) is 4.47. The number of hydrogen-bond donors (Lipinski definition) is 3. The molecule has 0 saturated heterocycles. The third-order valence-electron chi connectivity index (χ3n) is 6.14. The van der Waals surface area contributed by atoms with Gasteiger partial charge in [-0.15, -0.1) is 4.98 Å². The summed E-state index contributed by atoms with van der Waals surface area (Å²) in [7, 11) is 0. The standard InChI is InChI=1S/C26H24F2N4O2/c1-14-10-20(22(31-24(14)29-4)15-8-6-5-7-9-15)30-25(34)32-23-16-11-18(27)19(28)12-17(16)26(2,3)13-21(23)33/h5-12,21,23,33H,13H2,1-3H3,(H2,30,32,34)/t21-,23-/m1/s1. The fourth-order valence-corrected chi connectivity index (χ4v) is 4.47. The van der Waals surface area contributed by atoms with Gasteiger partial charge in [-0.25, -0.2) is 13.6 Å². The van der Waals surface area contributed by atoms with Crippen LogP contribution in [0.1, 0.15) is 43.0 Å². The third-order valence-corrected chi connectivity index (χ3v) is 6.14. The predicted molar refractivity (Wildman–Crippen MR) is 126 cm³/mol. The summed E-state index contributed by atoms with van der Waals surface area (Å²) >= 11 is 0. The highest BCUT2D eigenvalue weighted by Gasteiger charge is 2.40. The lowest BCUT2D eigenvalue weighted by molar-refractivity contribution is 0.0878. The van der Waals surface area contributed by atoms with Crippen molar-refractivity contribution < 1.29 is 18.7 Å². The topological polar surface area (TPSA) is 78.6 Å². The number of anilines is 1. The number of pyridine rings is 1. The number of aliphatic hydroxyl groups is 1. The molecule has 1 heterocycles. The molecule has 3 N–H and O–H groups in total. The van der Waals surface area contributed by atoms with Gasteiger partial charge in [0.2, 0.25) is 0 Å². The summed E-state index contributed by atoms with van der Waals surface area (Å²) in [6.45, 7) is 12.8. The van der Waals surface area contributed by atoms with Crippen molar-refractivity contribution in [3.8, 4) is 11.3 Å². The molecule has 1 aliphatic carbocycles. The summed E-state index contributed by atoms with van der Waals surface area (Å²) < 4.78 is 28.0. The fraction of sp³-hybridized carbons (Fsp3) is 0.269. The molecule has 8 heteroatoms. The highest BCUT2D eigenvalue weighted by atomic mass is 19.2. The summed E-state index contributed by atoms with van der Waals surface area (Å²) in [5.74, 6) is -1.79. The molecule has 0 unspecified atom stereocenters. The number of nitrogens with zero attached hydrogens (tertiary/aromatic N) is 2. The van der Waals surface area contributed by atoms with Crippen molar-refractivity contribution in [2.45, 2.75) is 44.8 Å². The predicted octanol–water partition coefficient (Wildman–Crippen LogP) is 5.79. The van der Waals surface area contributed by atoms with E-state index in [2.05, 4.69) is 20.5 Å². The van der Waals surface area contributed by atoms with Gasteiger partial charge in [0.1, 0.15) is 0 Å². The average Bonchev–Trinajstić information content (AvgIpc) is 2.78. The van der Waals surface area contributed by atoms with E-state index in [9.17, 15) is 18.7 Å². The number of halogens is 2. The number of aromatic nitrogens is 1. The highest BCUT2D eigenvalue weighted by Crippen LogP contribution is 2.42. The summed E-state index contributed by atoms with van der Waals surface area (Å²) in [6.07, 6.45) is -0.748. The Morgan fingerprint density at radius 2 is 1.85 bits per heavy atom. The molecule has 3 aromatic rings. The number of benzene rings is 2. The molecule has 0 radical (unpaired) electrons. The van der Waals surface area contributed by atoms with E-state index in [1.165, 1.54) is 0 Å². The number of nitrogens with one attached hydrogen (secondary N) is 2. The lowest BCUT2D eigenvalue weighted by atomic mass is 9.69. The van der Waals surface area contributed by atoms with E-state index >= 15 is 0 Å². The van der Waals surface area contributed by atoms with Gasteiger partial charge in [-0.05, 0) is 53.6 Å². The molecule has 2 amide bonds. The number of carbonyl (C=O) groups is 1. The normalized spacial score (nSPS) is 18.5. The number of rotatable bonds is 3. The second kappa shape index (κ2) is 8.84. The van der Waals surface area contributed by atoms with Crippen molar-refractivity contribution in [1.82, 2.24) is 10.3 Å². The lowest BCUT2D eigenvalue weighted by Gasteiger charge is -2.40. The summed E-state index contributed by atoms with van der Waals surface area (Å²) in [5.41, 5.74) is 2.37. The SMILES string of the molecule is [C-]#[N+]c1nc(-c2ccccc2)c(NC(=O)N[C@@H]2c3cc(F)c(F)cc3C(C)(C)C[C@H]2O)cc1C. The second-order valence-electron chi connectivity index (χ2n) is 9.09. The Hall–Kier alpha value is -3.83. The van der Waals surface area contributed by atoms with E-state index in [-0.39, 0.29) is 12.2 Å². The van der Waals surface area contributed by atoms with Crippen molar-refractivity contribution in [3.63, 3.8) is 0 Å². The Kier molecular flexibility index (Phi) is 6.07. The van der Waals surface area contributed by atoms with Gasteiger partial charge in [0, 0.05) is 5.56 Å². The number of aliphatic hydroxyl groups excluding tert-OH is 1. The Balaban J connectivity index is 1.67. The highest BCUT2D eigenvalue weighted by molar-refractivity contribution is 5.94.